The number of aromatic nitrogens is 1. The number of nitrogens with one attached hydrogen (secondary N) is 1. The highest BCUT2D eigenvalue weighted by Gasteiger charge is 2.29. The van der Waals surface area contributed by atoms with Gasteiger partial charge < -0.3 is 5.32 Å². The maximum atomic E-state index is 13.1. The number of benzene rings is 2. The van der Waals surface area contributed by atoms with Crippen molar-refractivity contribution < 1.29 is 17.6 Å². The minimum Gasteiger partial charge on any atom is -0.348 e. The number of halogens is 1. The summed E-state index contributed by atoms with van der Waals surface area (Å²) in [7, 11) is -3.95. The normalized spacial score (nSPS) is 12.4. The predicted molar refractivity (Wildman–Crippen MR) is 106 cm³/mol. The van der Waals surface area contributed by atoms with Crippen LogP contribution in [-0.2, 0) is 14.8 Å². The number of nitrogens with zero attached hydrogens (tertiary/aromatic N) is 2. The Morgan fingerprint density at radius 3 is 2.46 bits per heavy atom. The summed E-state index contributed by atoms with van der Waals surface area (Å²) in [6.45, 7) is 1.32. The molecule has 3 rings (SSSR count). The molecule has 0 saturated heterocycles. The fourth-order valence-electron chi connectivity index (χ4n) is 2.57. The maximum absolute atomic E-state index is 13.1. The van der Waals surface area contributed by atoms with Crippen LogP contribution in [0.1, 0.15) is 18.5 Å². The Kier molecular flexibility index (Phi) is 6.05. The number of hydrogen-bond acceptors (Lipinski definition) is 5. The zero-order valence-corrected chi connectivity index (χ0v) is 16.6. The molecule has 0 aliphatic carbocycles. The zero-order chi connectivity index (χ0) is 20.1. The van der Waals surface area contributed by atoms with E-state index in [1.807, 2.05) is 0 Å². The Labute approximate surface area is 166 Å². The van der Waals surface area contributed by atoms with Gasteiger partial charge in [0, 0.05) is 11.6 Å². The highest BCUT2D eigenvalue weighted by molar-refractivity contribution is 7.93. The topological polar surface area (TPSA) is 79.4 Å². The van der Waals surface area contributed by atoms with Crippen molar-refractivity contribution in [1.29, 1.82) is 0 Å². The van der Waals surface area contributed by atoms with Crippen LogP contribution in [0.5, 0.6) is 0 Å². The van der Waals surface area contributed by atoms with E-state index in [2.05, 4.69) is 10.3 Å². The second-order valence-electron chi connectivity index (χ2n) is 5.98. The van der Waals surface area contributed by atoms with Crippen LogP contribution >= 0.6 is 11.3 Å². The van der Waals surface area contributed by atoms with E-state index in [9.17, 15) is 17.6 Å². The van der Waals surface area contributed by atoms with Gasteiger partial charge in [-0.2, -0.15) is 0 Å². The summed E-state index contributed by atoms with van der Waals surface area (Å²) in [4.78, 5) is 16.7. The van der Waals surface area contributed by atoms with Crippen LogP contribution in [0.4, 0.5) is 9.52 Å². The summed E-state index contributed by atoms with van der Waals surface area (Å²) in [5.74, 6) is -0.863. The summed E-state index contributed by atoms with van der Waals surface area (Å²) in [6.07, 6.45) is 1.48. The molecule has 1 unspecified atom stereocenters. The number of amides is 1. The minimum atomic E-state index is -3.95. The Balaban J connectivity index is 1.80. The number of sulfonamides is 1. The van der Waals surface area contributed by atoms with E-state index in [4.69, 9.17) is 0 Å². The van der Waals surface area contributed by atoms with Gasteiger partial charge in [0.15, 0.2) is 5.13 Å². The lowest BCUT2D eigenvalue weighted by atomic mass is 10.1. The standard InChI is InChI=1S/C19H18FN3O3S2/c1-14(15-7-9-16(20)10-8-15)22-18(24)13-23(19-21-11-12-27-19)28(25,26)17-5-3-2-4-6-17/h2-12,14H,13H2,1H3,(H,22,24). The number of rotatable bonds is 7. The molecule has 0 spiro atoms. The molecular weight excluding hydrogens is 401 g/mol. The van der Waals surface area contributed by atoms with Crippen molar-refractivity contribution in [3.05, 3.63) is 77.6 Å². The molecule has 1 atom stereocenters. The lowest BCUT2D eigenvalue weighted by Crippen LogP contribution is -2.41. The summed E-state index contributed by atoms with van der Waals surface area (Å²) in [5, 5.41) is 4.58. The van der Waals surface area contributed by atoms with E-state index >= 15 is 0 Å². The Morgan fingerprint density at radius 1 is 1.18 bits per heavy atom. The summed E-state index contributed by atoms with van der Waals surface area (Å²) < 4.78 is 40.1. The first kappa shape index (κ1) is 20.0. The zero-order valence-electron chi connectivity index (χ0n) is 14.9. The smallest absolute Gasteiger partial charge is 0.266 e. The van der Waals surface area contributed by atoms with E-state index in [0.29, 0.717) is 5.56 Å². The Hall–Kier alpha value is -2.78. The monoisotopic (exact) mass is 419 g/mol. The molecule has 1 aromatic heterocycles. The van der Waals surface area contributed by atoms with Crippen molar-refractivity contribution in [2.75, 3.05) is 10.8 Å². The van der Waals surface area contributed by atoms with Gasteiger partial charge in [-0.3, -0.25) is 4.79 Å². The molecule has 0 aliphatic rings. The highest BCUT2D eigenvalue weighted by atomic mass is 32.2. The average Bonchev–Trinajstić information content (AvgIpc) is 3.21. The highest BCUT2D eigenvalue weighted by Crippen LogP contribution is 2.25. The summed E-state index contributed by atoms with van der Waals surface area (Å²) in [5.41, 5.74) is 0.710. The molecule has 146 valence electrons. The fourth-order valence-corrected chi connectivity index (χ4v) is 4.83. The van der Waals surface area contributed by atoms with Crippen molar-refractivity contribution >= 4 is 32.4 Å². The van der Waals surface area contributed by atoms with Gasteiger partial charge in [0.1, 0.15) is 12.4 Å². The van der Waals surface area contributed by atoms with Gasteiger partial charge in [0.05, 0.1) is 10.9 Å². The van der Waals surface area contributed by atoms with E-state index in [1.54, 1.807) is 42.6 Å². The number of carbonyl (C=O) groups excluding carboxylic acids is 1. The van der Waals surface area contributed by atoms with Crippen LogP contribution in [0, 0.1) is 5.82 Å². The molecule has 0 radical (unpaired) electrons. The lowest BCUT2D eigenvalue weighted by Gasteiger charge is -2.22. The first-order chi connectivity index (χ1) is 13.4. The second-order valence-corrected chi connectivity index (χ2v) is 8.72. The number of hydrogen-bond donors (Lipinski definition) is 1. The first-order valence-electron chi connectivity index (χ1n) is 8.40. The summed E-state index contributed by atoms with van der Waals surface area (Å²) in [6, 6.07) is 13.2. The third kappa shape index (κ3) is 4.55. The largest absolute Gasteiger partial charge is 0.348 e. The lowest BCUT2D eigenvalue weighted by molar-refractivity contribution is -0.120. The van der Waals surface area contributed by atoms with Crippen LogP contribution in [0.15, 0.2) is 71.1 Å². The third-order valence-electron chi connectivity index (χ3n) is 4.00. The van der Waals surface area contributed by atoms with Crippen LogP contribution in [0.3, 0.4) is 0 Å². The molecule has 0 bridgehead atoms. The van der Waals surface area contributed by atoms with Gasteiger partial charge in [-0.05, 0) is 36.8 Å². The average molecular weight is 420 g/mol. The number of thiazole rings is 1. The summed E-state index contributed by atoms with van der Waals surface area (Å²) >= 11 is 1.13. The molecule has 0 fully saturated rings. The Morgan fingerprint density at radius 2 is 1.86 bits per heavy atom. The van der Waals surface area contributed by atoms with E-state index < -0.39 is 28.5 Å². The number of anilines is 1. The molecule has 0 aliphatic heterocycles. The first-order valence-corrected chi connectivity index (χ1v) is 10.7. The molecule has 1 amide bonds. The molecule has 1 N–H and O–H groups in total. The van der Waals surface area contributed by atoms with Crippen molar-refractivity contribution in [2.24, 2.45) is 0 Å². The second kappa shape index (κ2) is 8.49. The predicted octanol–water partition coefficient (Wildman–Crippen LogP) is 3.35. The SMILES string of the molecule is CC(NC(=O)CN(c1nccs1)S(=O)(=O)c1ccccc1)c1ccc(F)cc1. The quantitative estimate of drug-likeness (QED) is 0.637. The fraction of sp³-hybridized carbons (Fsp3) is 0.158. The third-order valence-corrected chi connectivity index (χ3v) is 6.66. The molecule has 6 nitrogen and oxygen atoms in total. The maximum Gasteiger partial charge on any atom is 0.266 e. The van der Waals surface area contributed by atoms with Gasteiger partial charge >= 0.3 is 0 Å². The van der Waals surface area contributed by atoms with Crippen LogP contribution in [-0.4, -0.2) is 25.9 Å². The molecule has 3 aromatic rings. The van der Waals surface area contributed by atoms with Crippen LogP contribution < -0.4 is 9.62 Å². The van der Waals surface area contributed by atoms with Gasteiger partial charge in [-0.1, -0.05) is 30.3 Å². The van der Waals surface area contributed by atoms with Gasteiger partial charge in [-0.15, -0.1) is 11.3 Å². The van der Waals surface area contributed by atoms with Crippen molar-refractivity contribution in [1.82, 2.24) is 10.3 Å². The minimum absolute atomic E-state index is 0.0737. The van der Waals surface area contributed by atoms with Crippen molar-refractivity contribution in [3.8, 4) is 0 Å². The molecule has 9 heteroatoms. The molecule has 28 heavy (non-hydrogen) atoms. The van der Waals surface area contributed by atoms with Gasteiger partial charge in [0.25, 0.3) is 10.0 Å². The van der Waals surface area contributed by atoms with Crippen LogP contribution in [0.25, 0.3) is 0 Å². The molecule has 0 saturated carbocycles. The molecule has 2 aromatic carbocycles. The van der Waals surface area contributed by atoms with E-state index in [-0.39, 0.29) is 15.8 Å². The Bertz CT molecular complexity index is 1020. The van der Waals surface area contributed by atoms with E-state index in [0.717, 1.165) is 15.6 Å². The number of carbonyl (C=O) groups is 1. The molecule has 1 heterocycles. The van der Waals surface area contributed by atoms with Crippen LogP contribution in [0.2, 0.25) is 0 Å². The van der Waals surface area contributed by atoms with Gasteiger partial charge in [0.2, 0.25) is 5.91 Å². The van der Waals surface area contributed by atoms with E-state index in [1.165, 1.54) is 30.5 Å². The van der Waals surface area contributed by atoms with Crippen molar-refractivity contribution in [2.45, 2.75) is 17.9 Å². The van der Waals surface area contributed by atoms with Gasteiger partial charge in [-0.25, -0.2) is 22.1 Å². The van der Waals surface area contributed by atoms with Crippen molar-refractivity contribution in [3.63, 3.8) is 0 Å². The molecular formula is C19H18FN3O3S2.